The number of hydrogen-bond acceptors (Lipinski definition) is 2. The third-order valence-electron chi connectivity index (χ3n) is 4.00. The first kappa shape index (κ1) is 18.6. The second-order valence-corrected chi connectivity index (χ2v) is 7.30. The minimum atomic E-state index is 0.0489. The Balaban J connectivity index is 1.89. The predicted molar refractivity (Wildman–Crippen MR) is 103 cm³/mol. The molecule has 0 saturated carbocycles. The number of benzene rings is 2. The fraction of sp³-hybridized carbons (Fsp3) is 0.350. The summed E-state index contributed by atoms with van der Waals surface area (Å²) >= 11 is 1.64. The lowest BCUT2D eigenvalue weighted by Crippen LogP contribution is -3.08. The quantitative estimate of drug-likeness (QED) is 0.757. The zero-order chi connectivity index (χ0) is 17.5. The molecule has 0 radical (unpaired) electrons. The Kier molecular flexibility index (Phi) is 6.88. The summed E-state index contributed by atoms with van der Waals surface area (Å²) < 4.78 is 0. The monoisotopic (exact) mass is 343 g/mol. The van der Waals surface area contributed by atoms with Crippen molar-refractivity contribution in [2.45, 2.75) is 31.2 Å². The summed E-state index contributed by atoms with van der Waals surface area (Å²) in [7, 11) is 2.05. The molecule has 2 rings (SSSR count). The summed E-state index contributed by atoms with van der Waals surface area (Å²) in [6.45, 7) is 5.69. The number of hydrogen-bond donors (Lipinski definition) is 2. The van der Waals surface area contributed by atoms with Gasteiger partial charge in [0, 0.05) is 10.5 Å². The zero-order valence-corrected chi connectivity index (χ0v) is 15.7. The van der Waals surface area contributed by atoms with E-state index in [9.17, 15) is 4.79 Å². The van der Waals surface area contributed by atoms with Crippen LogP contribution >= 0.6 is 11.8 Å². The van der Waals surface area contributed by atoms with Crippen molar-refractivity contribution < 1.29 is 9.69 Å². The van der Waals surface area contributed by atoms with Gasteiger partial charge in [-0.25, -0.2) is 0 Å². The number of carbonyl (C=O) groups is 1. The number of amides is 1. The molecule has 4 heteroatoms. The molecular formula is C20H27N2OS+. The average molecular weight is 344 g/mol. The Morgan fingerprint density at radius 1 is 1.12 bits per heavy atom. The second kappa shape index (κ2) is 8.90. The number of thioether (sulfide) groups is 1. The van der Waals surface area contributed by atoms with Crippen molar-refractivity contribution in [3.8, 4) is 0 Å². The molecule has 24 heavy (non-hydrogen) atoms. The van der Waals surface area contributed by atoms with Crippen molar-refractivity contribution in [3.05, 3.63) is 59.7 Å². The van der Waals surface area contributed by atoms with Crippen LogP contribution in [0.3, 0.4) is 0 Å². The molecule has 1 amide bonds. The molecule has 0 bridgehead atoms. The first-order chi connectivity index (χ1) is 11.5. The van der Waals surface area contributed by atoms with Crippen molar-refractivity contribution in [2.75, 3.05) is 25.2 Å². The van der Waals surface area contributed by atoms with Crippen LogP contribution in [0.1, 0.15) is 30.9 Å². The Morgan fingerprint density at radius 2 is 1.79 bits per heavy atom. The number of likely N-dealkylation sites (N-methyl/N-ethyl adjacent to an activating group) is 1. The third kappa shape index (κ3) is 5.39. The molecular weight excluding hydrogens is 316 g/mol. The van der Waals surface area contributed by atoms with Gasteiger partial charge in [0.1, 0.15) is 6.54 Å². The molecule has 3 nitrogen and oxygen atoms in total. The number of quaternary nitrogens is 1. The first-order valence-corrected chi connectivity index (χ1v) is 9.55. The lowest BCUT2D eigenvalue weighted by Gasteiger charge is -2.15. The number of carbonyl (C=O) groups excluding carboxylic acids is 1. The van der Waals surface area contributed by atoms with E-state index in [4.69, 9.17) is 0 Å². The highest BCUT2D eigenvalue weighted by atomic mass is 32.2. The molecule has 1 atom stereocenters. The van der Waals surface area contributed by atoms with E-state index >= 15 is 0 Å². The van der Waals surface area contributed by atoms with Gasteiger partial charge in [-0.2, -0.15) is 0 Å². The Bertz CT molecular complexity index is 668. The molecule has 0 heterocycles. The van der Waals surface area contributed by atoms with E-state index in [1.807, 2.05) is 30.5 Å². The van der Waals surface area contributed by atoms with Gasteiger partial charge in [0.2, 0.25) is 0 Å². The van der Waals surface area contributed by atoms with Gasteiger partial charge in [0.15, 0.2) is 6.54 Å². The molecule has 0 aliphatic rings. The predicted octanol–water partition coefficient (Wildman–Crippen LogP) is 3.19. The van der Waals surface area contributed by atoms with Crippen molar-refractivity contribution in [1.29, 1.82) is 0 Å². The molecule has 2 aromatic carbocycles. The standard InChI is InChI=1S/C20H26N2OS/c1-15(2)17-11-9-16(10-12-17)13-22(3)14-20(23)21-18-7-5-6-8-19(18)24-4/h5-12,15H,13-14H2,1-4H3,(H,21,23)/p+1. The molecule has 0 aliphatic heterocycles. The minimum Gasteiger partial charge on any atom is -0.326 e. The highest BCUT2D eigenvalue weighted by Crippen LogP contribution is 2.24. The van der Waals surface area contributed by atoms with Crippen molar-refractivity contribution in [2.24, 2.45) is 0 Å². The van der Waals surface area contributed by atoms with Gasteiger partial charge in [-0.05, 0) is 29.9 Å². The number of anilines is 1. The van der Waals surface area contributed by atoms with Crippen molar-refractivity contribution >= 4 is 23.4 Å². The maximum Gasteiger partial charge on any atom is 0.279 e. The van der Waals surface area contributed by atoms with E-state index in [1.165, 1.54) is 16.0 Å². The van der Waals surface area contributed by atoms with Crippen molar-refractivity contribution in [3.63, 3.8) is 0 Å². The largest absolute Gasteiger partial charge is 0.326 e. The number of para-hydroxylation sites is 1. The van der Waals surface area contributed by atoms with Gasteiger partial charge in [0.25, 0.3) is 5.91 Å². The fourth-order valence-corrected chi connectivity index (χ4v) is 3.20. The van der Waals surface area contributed by atoms with Crippen LogP contribution in [0, 0.1) is 0 Å². The van der Waals surface area contributed by atoms with Crippen LogP contribution in [0.5, 0.6) is 0 Å². The van der Waals surface area contributed by atoms with E-state index < -0.39 is 0 Å². The van der Waals surface area contributed by atoms with E-state index in [1.54, 1.807) is 11.8 Å². The summed E-state index contributed by atoms with van der Waals surface area (Å²) in [5.74, 6) is 0.596. The van der Waals surface area contributed by atoms with E-state index in [0.717, 1.165) is 17.1 Å². The Morgan fingerprint density at radius 3 is 2.42 bits per heavy atom. The lowest BCUT2D eigenvalue weighted by molar-refractivity contribution is -0.885. The highest BCUT2D eigenvalue weighted by molar-refractivity contribution is 7.98. The molecule has 0 aromatic heterocycles. The van der Waals surface area contributed by atoms with Gasteiger partial charge >= 0.3 is 0 Å². The Hall–Kier alpha value is -1.78. The molecule has 2 N–H and O–H groups in total. The van der Waals surface area contributed by atoms with Crippen LogP contribution in [0.2, 0.25) is 0 Å². The van der Waals surface area contributed by atoms with Gasteiger partial charge in [-0.1, -0.05) is 50.2 Å². The van der Waals surface area contributed by atoms with Crippen LogP contribution in [-0.2, 0) is 11.3 Å². The van der Waals surface area contributed by atoms with Crippen LogP contribution in [0.4, 0.5) is 5.69 Å². The SMILES string of the molecule is CSc1ccccc1NC(=O)C[NH+](C)Cc1ccc(C(C)C)cc1. The minimum absolute atomic E-state index is 0.0489. The molecule has 128 valence electrons. The third-order valence-corrected chi connectivity index (χ3v) is 4.79. The van der Waals surface area contributed by atoms with Gasteiger partial charge in [-0.3, -0.25) is 4.79 Å². The lowest BCUT2D eigenvalue weighted by atomic mass is 10.0. The van der Waals surface area contributed by atoms with E-state index in [0.29, 0.717) is 12.5 Å². The van der Waals surface area contributed by atoms with Crippen molar-refractivity contribution in [1.82, 2.24) is 0 Å². The summed E-state index contributed by atoms with van der Waals surface area (Å²) in [5, 5.41) is 3.02. The number of nitrogens with one attached hydrogen (secondary N) is 2. The average Bonchev–Trinajstić information content (AvgIpc) is 2.55. The highest BCUT2D eigenvalue weighted by Gasteiger charge is 2.12. The first-order valence-electron chi connectivity index (χ1n) is 8.32. The maximum absolute atomic E-state index is 12.3. The Labute approximate surface area is 149 Å². The van der Waals surface area contributed by atoms with Crippen LogP contribution in [0.15, 0.2) is 53.4 Å². The van der Waals surface area contributed by atoms with E-state index in [-0.39, 0.29) is 5.91 Å². The van der Waals surface area contributed by atoms with Gasteiger partial charge in [-0.15, -0.1) is 11.8 Å². The summed E-state index contributed by atoms with van der Waals surface area (Å²) in [6.07, 6.45) is 2.02. The molecule has 2 aromatic rings. The topological polar surface area (TPSA) is 33.5 Å². The smallest absolute Gasteiger partial charge is 0.279 e. The van der Waals surface area contributed by atoms with Crippen LogP contribution in [0.25, 0.3) is 0 Å². The molecule has 0 spiro atoms. The van der Waals surface area contributed by atoms with Gasteiger partial charge < -0.3 is 10.2 Å². The summed E-state index contributed by atoms with van der Waals surface area (Å²) in [4.78, 5) is 14.5. The summed E-state index contributed by atoms with van der Waals surface area (Å²) in [5.41, 5.74) is 3.50. The van der Waals surface area contributed by atoms with Crippen LogP contribution in [-0.4, -0.2) is 25.8 Å². The van der Waals surface area contributed by atoms with Crippen LogP contribution < -0.4 is 10.2 Å². The zero-order valence-electron chi connectivity index (χ0n) is 14.9. The number of rotatable bonds is 7. The van der Waals surface area contributed by atoms with E-state index in [2.05, 4.69) is 50.5 Å². The summed E-state index contributed by atoms with van der Waals surface area (Å²) in [6, 6.07) is 16.6. The molecule has 0 fully saturated rings. The maximum atomic E-state index is 12.3. The van der Waals surface area contributed by atoms with Gasteiger partial charge in [0.05, 0.1) is 12.7 Å². The molecule has 0 saturated heterocycles. The molecule has 0 aliphatic carbocycles. The normalized spacial score (nSPS) is 12.2. The molecule has 1 unspecified atom stereocenters. The second-order valence-electron chi connectivity index (χ2n) is 6.46. The fourth-order valence-electron chi connectivity index (χ4n) is 2.65.